The Morgan fingerprint density at radius 1 is 1.21 bits per heavy atom. The van der Waals surface area contributed by atoms with Crippen LogP contribution in [0.1, 0.15) is 11.1 Å². The predicted octanol–water partition coefficient (Wildman–Crippen LogP) is 2.81. The van der Waals surface area contributed by atoms with E-state index in [9.17, 15) is 20.0 Å². The molecule has 2 aromatic rings. The van der Waals surface area contributed by atoms with Crippen molar-refractivity contribution in [2.75, 3.05) is 38.2 Å². The number of carbonyl (C=O) groups excluding carboxylic acids is 1. The summed E-state index contributed by atoms with van der Waals surface area (Å²) >= 11 is 0. The monoisotopic (exact) mass is 397 g/mol. The number of rotatable bonds is 6. The van der Waals surface area contributed by atoms with Gasteiger partial charge in [-0.3, -0.25) is 15.0 Å². The fourth-order valence-electron chi connectivity index (χ4n) is 3.35. The molecule has 29 heavy (non-hydrogen) atoms. The highest BCUT2D eigenvalue weighted by Crippen LogP contribution is 2.30. The Hall–Kier alpha value is -3.39. The number of nitrogens with zero attached hydrogens (tertiary/aromatic N) is 3. The van der Waals surface area contributed by atoms with Gasteiger partial charge in [-0.25, -0.2) is 4.79 Å². The normalized spacial score (nSPS) is 14.9. The van der Waals surface area contributed by atoms with E-state index in [2.05, 4.69) is 9.64 Å². The van der Waals surface area contributed by atoms with Crippen LogP contribution in [0, 0.1) is 10.1 Å². The van der Waals surface area contributed by atoms with Gasteiger partial charge in [-0.1, -0.05) is 18.2 Å². The maximum absolute atomic E-state index is 11.6. The first-order chi connectivity index (χ1) is 14.0. The number of carbonyl (C=O) groups is 1. The minimum absolute atomic E-state index is 0.0125. The number of methoxy groups -OCH3 is 1. The fourth-order valence-corrected chi connectivity index (χ4v) is 3.35. The number of ether oxygens (including phenoxy) is 1. The van der Waals surface area contributed by atoms with Crippen LogP contribution in [0.3, 0.4) is 0 Å². The van der Waals surface area contributed by atoms with E-state index in [0.717, 1.165) is 25.2 Å². The first-order valence-electron chi connectivity index (χ1n) is 9.26. The molecule has 1 aliphatic rings. The zero-order valence-electron chi connectivity index (χ0n) is 16.2. The summed E-state index contributed by atoms with van der Waals surface area (Å²) in [6, 6.07) is 12.1. The van der Waals surface area contributed by atoms with Gasteiger partial charge in [0.05, 0.1) is 12.0 Å². The molecule has 0 aromatic heterocycles. The van der Waals surface area contributed by atoms with Gasteiger partial charge in [0.15, 0.2) is 0 Å². The number of phenolic OH excluding ortho intramolecular Hbond substituents is 1. The molecule has 0 spiro atoms. The van der Waals surface area contributed by atoms with Crippen molar-refractivity contribution < 1.29 is 19.6 Å². The second kappa shape index (κ2) is 9.20. The molecular formula is C21H23N3O5. The predicted molar refractivity (Wildman–Crippen MR) is 110 cm³/mol. The molecule has 1 aliphatic heterocycles. The summed E-state index contributed by atoms with van der Waals surface area (Å²) < 4.78 is 4.54. The van der Waals surface area contributed by atoms with Crippen molar-refractivity contribution in [1.82, 2.24) is 4.90 Å². The number of nitro groups is 1. The van der Waals surface area contributed by atoms with Gasteiger partial charge in [0, 0.05) is 44.9 Å². The Bertz CT molecular complexity index is 920. The molecule has 0 saturated carbocycles. The Morgan fingerprint density at radius 2 is 1.97 bits per heavy atom. The number of hydrogen-bond donors (Lipinski definition) is 1. The van der Waals surface area contributed by atoms with E-state index in [4.69, 9.17) is 0 Å². The largest absolute Gasteiger partial charge is 0.508 e. The molecular weight excluding hydrogens is 374 g/mol. The summed E-state index contributed by atoms with van der Waals surface area (Å²) in [6.07, 6.45) is 2.73. The second-order valence-electron chi connectivity index (χ2n) is 6.79. The SMILES string of the molecule is COC(=O)C=Cc1ccc(N2CCN(Cc3cccc(O)c3)CC2)c([N+](=O)[O-])c1. The van der Waals surface area contributed by atoms with E-state index >= 15 is 0 Å². The number of anilines is 1. The number of piperazine rings is 1. The third-order valence-electron chi connectivity index (χ3n) is 4.84. The van der Waals surface area contributed by atoms with Crippen molar-refractivity contribution in [1.29, 1.82) is 0 Å². The lowest BCUT2D eigenvalue weighted by molar-refractivity contribution is -0.384. The van der Waals surface area contributed by atoms with Crippen LogP contribution < -0.4 is 4.90 Å². The maximum Gasteiger partial charge on any atom is 0.330 e. The number of benzene rings is 2. The van der Waals surface area contributed by atoms with Gasteiger partial charge in [-0.15, -0.1) is 0 Å². The first-order valence-corrected chi connectivity index (χ1v) is 9.26. The van der Waals surface area contributed by atoms with Gasteiger partial charge in [0.25, 0.3) is 5.69 Å². The van der Waals surface area contributed by atoms with Crippen molar-refractivity contribution in [2.24, 2.45) is 0 Å². The molecule has 1 saturated heterocycles. The molecule has 0 atom stereocenters. The fraction of sp³-hybridized carbons (Fsp3) is 0.286. The highest BCUT2D eigenvalue weighted by Gasteiger charge is 2.24. The molecule has 2 aromatic carbocycles. The molecule has 1 heterocycles. The van der Waals surface area contributed by atoms with Crippen LogP contribution in [-0.4, -0.2) is 54.2 Å². The zero-order chi connectivity index (χ0) is 20.8. The van der Waals surface area contributed by atoms with E-state index in [-0.39, 0.29) is 11.4 Å². The number of esters is 1. The van der Waals surface area contributed by atoms with E-state index < -0.39 is 10.9 Å². The van der Waals surface area contributed by atoms with Crippen molar-refractivity contribution in [3.63, 3.8) is 0 Å². The van der Waals surface area contributed by atoms with Crippen molar-refractivity contribution >= 4 is 23.4 Å². The van der Waals surface area contributed by atoms with Crippen LogP contribution >= 0.6 is 0 Å². The van der Waals surface area contributed by atoms with Gasteiger partial charge < -0.3 is 14.7 Å². The molecule has 8 heteroatoms. The summed E-state index contributed by atoms with van der Waals surface area (Å²) in [4.78, 5) is 26.7. The van der Waals surface area contributed by atoms with E-state index in [1.165, 1.54) is 25.3 Å². The van der Waals surface area contributed by atoms with Crippen molar-refractivity contribution in [2.45, 2.75) is 6.54 Å². The highest BCUT2D eigenvalue weighted by atomic mass is 16.6. The maximum atomic E-state index is 11.6. The molecule has 0 radical (unpaired) electrons. The van der Waals surface area contributed by atoms with E-state index in [1.54, 1.807) is 24.3 Å². The topological polar surface area (TPSA) is 96.2 Å². The van der Waals surface area contributed by atoms with Gasteiger partial charge >= 0.3 is 5.97 Å². The van der Waals surface area contributed by atoms with Gasteiger partial charge in [0.2, 0.25) is 0 Å². The minimum Gasteiger partial charge on any atom is -0.508 e. The molecule has 3 rings (SSSR count). The van der Waals surface area contributed by atoms with E-state index in [1.807, 2.05) is 17.0 Å². The minimum atomic E-state index is -0.514. The quantitative estimate of drug-likeness (QED) is 0.346. The Labute approximate surface area is 168 Å². The lowest BCUT2D eigenvalue weighted by Gasteiger charge is -2.35. The summed E-state index contributed by atoms with van der Waals surface area (Å²) in [6.45, 7) is 3.57. The third-order valence-corrected chi connectivity index (χ3v) is 4.84. The van der Waals surface area contributed by atoms with Crippen LogP contribution in [0.15, 0.2) is 48.5 Å². The summed E-state index contributed by atoms with van der Waals surface area (Å²) in [5, 5.41) is 21.2. The Kier molecular flexibility index (Phi) is 6.46. The first kappa shape index (κ1) is 20.3. The van der Waals surface area contributed by atoms with Gasteiger partial charge in [0.1, 0.15) is 11.4 Å². The molecule has 152 valence electrons. The van der Waals surface area contributed by atoms with Gasteiger partial charge in [-0.05, 0) is 35.4 Å². The van der Waals surface area contributed by atoms with Crippen molar-refractivity contribution in [3.8, 4) is 5.75 Å². The van der Waals surface area contributed by atoms with Crippen LogP contribution in [0.2, 0.25) is 0 Å². The summed E-state index contributed by atoms with van der Waals surface area (Å²) in [7, 11) is 1.28. The van der Waals surface area contributed by atoms with Crippen LogP contribution in [0.25, 0.3) is 6.08 Å². The highest BCUT2D eigenvalue weighted by molar-refractivity contribution is 5.87. The van der Waals surface area contributed by atoms with E-state index in [0.29, 0.717) is 24.3 Å². The lowest BCUT2D eigenvalue weighted by atomic mass is 10.1. The molecule has 1 fully saturated rings. The number of nitro benzene ring substituents is 1. The Morgan fingerprint density at radius 3 is 2.62 bits per heavy atom. The Balaban J connectivity index is 1.68. The molecule has 8 nitrogen and oxygen atoms in total. The molecule has 0 aliphatic carbocycles. The third kappa shape index (κ3) is 5.32. The van der Waals surface area contributed by atoms with Gasteiger partial charge in [-0.2, -0.15) is 0 Å². The average molecular weight is 397 g/mol. The standard InChI is InChI=1S/C21H23N3O5/c1-29-21(26)8-6-16-5-7-19(20(14-16)24(27)28)23-11-9-22(10-12-23)15-17-3-2-4-18(25)13-17/h2-8,13-14,25H,9-12,15H2,1H3. The van der Waals surface area contributed by atoms with Crippen molar-refractivity contribution in [3.05, 3.63) is 69.8 Å². The smallest absolute Gasteiger partial charge is 0.330 e. The molecule has 0 bridgehead atoms. The molecule has 0 unspecified atom stereocenters. The zero-order valence-corrected chi connectivity index (χ0v) is 16.2. The molecule has 1 N–H and O–H groups in total. The summed E-state index contributed by atoms with van der Waals surface area (Å²) in [5.74, 6) is -0.266. The van der Waals surface area contributed by atoms with Crippen LogP contribution in [-0.2, 0) is 16.1 Å². The van der Waals surface area contributed by atoms with Crippen LogP contribution in [0.5, 0.6) is 5.75 Å². The number of phenols is 1. The second-order valence-corrected chi connectivity index (χ2v) is 6.79. The average Bonchev–Trinajstić information content (AvgIpc) is 2.72. The van der Waals surface area contributed by atoms with Crippen LogP contribution in [0.4, 0.5) is 11.4 Å². The molecule has 0 amide bonds. The number of aromatic hydroxyl groups is 1. The summed E-state index contributed by atoms with van der Waals surface area (Å²) in [5.41, 5.74) is 2.18. The lowest BCUT2D eigenvalue weighted by Crippen LogP contribution is -2.46. The number of hydrogen-bond acceptors (Lipinski definition) is 7.